The predicted molar refractivity (Wildman–Crippen MR) is 80.8 cm³/mol. The average molecular weight is 325 g/mol. The van der Waals surface area contributed by atoms with Crippen LogP contribution < -0.4 is 5.32 Å². The third-order valence-electron chi connectivity index (χ3n) is 2.80. The maximum atomic E-state index is 12.0. The summed E-state index contributed by atoms with van der Waals surface area (Å²) in [5.41, 5.74) is 0.733. The van der Waals surface area contributed by atoms with Crippen molar-refractivity contribution >= 4 is 34.8 Å². The number of carboxylic acids is 1. The van der Waals surface area contributed by atoms with Gasteiger partial charge in [-0.15, -0.1) is 11.3 Å². The zero-order chi connectivity index (χ0) is 15.4. The predicted octanol–water partition coefficient (Wildman–Crippen LogP) is 2.91. The van der Waals surface area contributed by atoms with E-state index in [1.54, 1.807) is 25.1 Å². The lowest BCUT2D eigenvalue weighted by atomic mass is 10.1. The summed E-state index contributed by atoms with van der Waals surface area (Å²) < 4.78 is 0. The first kappa shape index (κ1) is 15.5. The number of nitrogens with zero attached hydrogens (tertiary/aromatic N) is 1. The first-order valence-corrected chi connectivity index (χ1v) is 7.44. The summed E-state index contributed by atoms with van der Waals surface area (Å²) >= 11 is 7.21. The van der Waals surface area contributed by atoms with Gasteiger partial charge in [0.15, 0.2) is 5.69 Å². The minimum absolute atomic E-state index is 0.0118. The smallest absolute Gasteiger partial charge is 0.355 e. The van der Waals surface area contributed by atoms with Gasteiger partial charge in [0.2, 0.25) is 5.91 Å². The van der Waals surface area contributed by atoms with E-state index in [0.717, 1.165) is 5.56 Å². The molecule has 2 rings (SSSR count). The molecule has 0 radical (unpaired) electrons. The molecule has 0 aliphatic rings. The fourth-order valence-electron chi connectivity index (χ4n) is 1.75. The zero-order valence-corrected chi connectivity index (χ0v) is 12.7. The zero-order valence-electron chi connectivity index (χ0n) is 11.2. The molecule has 21 heavy (non-hydrogen) atoms. The van der Waals surface area contributed by atoms with Gasteiger partial charge in [-0.25, -0.2) is 9.78 Å². The van der Waals surface area contributed by atoms with Crippen LogP contribution in [0.4, 0.5) is 0 Å². The van der Waals surface area contributed by atoms with E-state index < -0.39 is 5.97 Å². The molecule has 110 valence electrons. The highest BCUT2D eigenvalue weighted by Crippen LogP contribution is 2.19. The number of halogens is 1. The number of carbonyl (C=O) groups excluding carboxylic acids is 1. The lowest BCUT2D eigenvalue weighted by molar-refractivity contribution is -0.121. The molecule has 0 bridgehead atoms. The number of benzene rings is 1. The maximum absolute atomic E-state index is 12.0. The largest absolute Gasteiger partial charge is 0.476 e. The first-order chi connectivity index (χ1) is 9.97. The Labute approximate surface area is 130 Å². The van der Waals surface area contributed by atoms with E-state index in [1.165, 1.54) is 16.7 Å². The van der Waals surface area contributed by atoms with Crippen LogP contribution >= 0.6 is 22.9 Å². The summed E-state index contributed by atoms with van der Waals surface area (Å²) in [5.74, 6) is -1.27. The molecule has 0 saturated carbocycles. The van der Waals surface area contributed by atoms with Gasteiger partial charge in [0.1, 0.15) is 5.01 Å². The molecule has 2 aromatic rings. The summed E-state index contributed by atoms with van der Waals surface area (Å²) in [5, 5.41) is 14.2. The van der Waals surface area contributed by atoms with Crippen molar-refractivity contribution in [3.63, 3.8) is 0 Å². The summed E-state index contributed by atoms with van der Waals surface area (Å²) in [7, 11) is 0. The van der Waals surface area contributed by atoms with E-state index in [4.69, 9.17) is 16.7 Å². The maximum Gasteiger partial charge on any atom is 0.355 e. The Bertz CT molecular complexity index is 672. The lowest BCUT2D eigenvalue weighted by Gasteiger charge is -2.11. The molecule has 7 heteroatoms. The van der Waals surface area contributed by atoms with Gasteiger partial charge in [-0.3, -0.25) is 4.79 Å². The normalized spacial score (nSPS) is 11.9. The molecule has 1 aromatic heterocycles. The molecule has 1 aromatic carbocycles. The SMILES string of the molecule is CC(NC(=O)Cc1ccccc1Cl)c1nc(C(=O)O)cs1. The Morgan fingerprint density at radius 1 is 1.43 bits per heavy atom. The van der Waals surface area contributed by atoms with E-state index in [2.05, 4.69) is 10.3 Å². The van der Waals surface area contributed by atoms with Crippen molar-refractivity contribution in [3.8, 4) is 0 Å². The molecular weight excluding hydrogens is 312 g/mol. The minimum atomic E-state index is -1.08. The second-order valence-electron chi connectivity index (χ2n) is 4.43. The van der Waals surface area contributed by atoms with Gasteiger partial charge < -0.3 is 10.4 Å². The standard InChI is InChI=1S/C14H13ClN2O3S/c1-8(13-17-11(7-21-13)14(19)20)16-12(18)6-9-4-2-3-5-10(9)15/h2-5,7-8H,6H2,1H3,(H,16,18)(H,19,20). The van der Waals surface area contributed by atoms with Crippen molar-refractivity contribution in [2.75, 3.05) is 0 Å². The van der Waals surface area contributed by atoms with Gasteiger partial charge in [-0.05, 0) is 18.6 Å². The molecule has 0 spiro atoms. The Hall–Kier alpha value is -1.92. The van der Waals surface area contributed by atoms with Gasteiger partial charge >= 0.3 is 5.97 Å². The second kappa shape index (κ2) is 6.69. The van der Waals surface area contributed by atoms with Crippen molar-refractivity contribution in [2.24, 2.45) is 0 Å². The third kappa shape index (κ3) is 4.03. The van der Waals surface area contributed by atoms with E-state index >= 15 is 0 Å². The highest BCUT2D eigenvalue weighted by Gasteiger charge is 2.16. The van der Waals surface area contributed by atoms with Crippen LogP contribution in [0.5, 0.6) is 0 Å². The quantitative estimate of drug-likeness (QED) is 0.886. The van der Waals surface area contributed by atoms with Gasteiger partial charge in [0.25, 0.3) is 0 Å². The molecule has 2 N–H and O–H groups in total. The van der Waals surface area contributed by atoms with Gasteiger partial charge in [0, 0.05) is 10.4 Å². The molecule has 5 nitrogen and oxygen atoms in total. The van der Waals surface area contributed by atoms with Crippen LogP contribution in [0.25, 0.3) is 0 Å². The number of rotatable bonds is 5. The van der Waals surface area contributed by atoms with Crippen molar-refractivity contribution in [1.29, 1.82) is 0 Å². The monoisotopic (exact) mass is 324 g/mol. The average Bonchev–Trinajstić information content (AvgIpc) is 2.91. The number of carboxylic acid groups (broad SMARTS) is 1. The number of amides is 1. The fourth-order valence-corrected chi connectivity index (χ4v) is 2.76. The van der Waals surface area contributed by atoms with E-state index in [9.17, 15) is 9.59 Å². The molecule has 0 fully saturated rings. The number of hydrogen-bond donors (Lipinski definition) is 2. The number of aromatic nitrogens is 1. The van der Waals surface area contributed by atoms with Crippen molar-refractivity contribution in [1.82, 2.24) is 10.3 Å². The van der Waals surface area contributed by atoms with Crippen LogP contribution in [-0.2, 0) is 11.2 Å². The summed E-state index contributed by atoms with van der Waals surface area (Å²) in [4.78, 5) is 26.7. The number of thiazole rings is 1. The van der Waals surface area contributed by atoms with Crippen LogP contribution in [0.1, 0.15) is 34.0 Å². The fraction of sp³-hybridized carbons (Fsp3) is 0.214. The van der Waals surface area contributed by atoms with Gasteiger partial charge in [-0.2, -0.15) is 0 Å². The molecule has 1 atom stereocenters. The summed E-state index contributed by atoms with van der Waals surface area (Å²) in [6, 6.07) is 6.79. The van der Waals surface area contributed by atoms with Gasteiger partial charge in [-0.1, -0.05) is 29.8 Å². The summed E-state index contributed by atoms with van der Waals surface area (Å²) in [6.07, 6.45) is 0.168. The molecule has 0 aliphatic heterocycles. The van der Waals surface area contributed by atoms with Crippen molar-refractivity contribution in [3.05, 3.63) is 50.9 Å². The van der Waals surface area contributed by atoms with E-state index in [-0.39, 0.29) is 24.1 Å². The molecular formula is C14H13ClN2O3S. The number of aromatic carboxylic acids is 1. The Kier molecular flexibility index (Phi) is 4.93. The number of carbonyl (C=O) groups is 2. The van der Waals surface area contributed by atoms with Crippen molar-refractivity contribution in [2.45, 2.75) is 19.4 Å². The van der Waals surface area contributed by atoms with Crippen LogP contribution in [0.3, 0.4) is 0 Å². The van der Waals surface area contributed by atoms with Crippen LogP contribution in [0, 0.1) is 0 Å². The van der Waals surface area contributed by atoms with Crippen molar-refractivity contribution < 1.29 is 14.7 Å². The Morgan fingerprint density at radius 2 is 2.14 bits per heavy atom. The molecule has 1 amide bonds. The third-order valence-corrected chi connectivity index (χ3v) is 4.19. The molecule has 1 unspecified atom stereocenters. The highest BCUT2D eigenvalue weighted by atomic mass is 35.5. The minimum Gasteiger partial charge on any atom is -0.476 e. The molecule has 0 saturated heterocycles. The second-order valence-corrected chi connectivity index (χ2v) is 5.73. The number of nitrogens with one attached hydrogen (secondary N) is 1. The van der Waals surface area contributed by atoms with Crippen LogP contribution in [0.15, 0.2) is 29.6 Å². The highest BCUT2D eigenvalue weighted by molar-refractivity contribution is 7.09. The van der Waals surface area contributed by atoms with Crippen LogP contribution in [0.2, 0.25) is 5.02 Å². The Morgan fingerprint density at radius 3 is 2.76 bits per heavy atom. The number of hydrogen-bond acceptors (Lipinski definition) is 4. The van der Waals surface area contributed by atoms with Gasteiger partial charge in [0.05, 0.1) is 12.5 Å². The van der Waals surface area contributed by atoms with Crippen LogP contribution in [-0.4, -0.2) is 22.0 Å². The summed E-state index contributed by atoms with van der Waals surface area (Å²) in [6.45, 7) is 1.76. The van der Waals surface area contributed by atoms with E-state index in [1.807, 2.05) is 6.07 Å². The molecule has 0 aliphatic carbocycles. The first-order valence-electron chi connectivity index (χ1n) is 6.19. The van der Waals surface area contributed by atoms with E-state index in [0.29, 0.717) is 10.0 Å². The lowest BCUT2D eigenvalue weighted by Crippen LogP contribution is -2.28. The Balaban J connectivity index is 1.98. The topological polar surface area (TPSA) is 79.3 Å². The molecule has 1 heterocycles.